The summed E-state index contributed by atoms with van der Waals surface area (Å²) in [6.45, 7) is 32.5. The molecule has 4 rings (SSSR count). The van der Waals surface area contributed by atoms with E-state index in [2.05, 4.69) is 105 Å². The fourth-order valence-corrected chi connectivity index (χ4v) is 4.03. The van der Waals surface area contributed by atoms with E-state index in [1.807, 2.05) is 57.2 Å². The van der Waals surface area contributed by atoms with Gasteiger partial charge >= 0.3 is 0 Å². The molecule has 49 heavy (non-hydrogen) atoms. The number of allylic oxidation sites excluding steroid dienone is 2. The van der Waals surface area contributed by atoms with E-state index in [4.69, 9.17) is 9.47 Å². The molecule has 7 heteroatoms. The van der Waals surface area contributed by atoms with Crippen molar-refractivity contribution in [3.8, 4) is 0 Å². The van der Waals surface area contributed by atoms with E-state index in [1.165, 1.54) is 35.3 Å². The zero-order chi connectivity index (χ0) is 36.0. The first kappa shape index (κ1) is 48.5. The average molecular weight is 821 g/mol. The molecule has 0 N–H and O–H groups in total. The SMILES string of the molecule is C=C(C)N=C(N=C(C)C)N1CCOCC1.C=Cc1[c-]ccc(C)c1.C=NC1=c2ccccc2=CCC=C1.CCC.CCCCOCCC.[Ho]. The van der Waals surface area contributed by atoms with Gasteiger partial charge < -0.3 is 14.4 Å². The normalized spacial score (nSPS) is 12.8. The van der Waals surface area contributed by atoms with E-state index in [9.17, 15) is 0 Å². The van der Waals surface area contributed by atoms with Crippen LogP contribution in [0.3, 0.4) is 0 Å². The Morgan fingerprint density at radius 2 is 1.67 bits per heavy atom. The number of hydrogen-bond donors (Lipinski definition) is 0. The summed E-state index contributed by atoms with van der Waals surface area (Å²) in [5.74, 6) is 0.755. The van der Waals surface area contributed by atoms with Crippen LogP contribution in [0, 0.1) is 50.7 Å². The van der Waals surface area contributed by atoms with Crippen LogP contribution in [0.1, 0.15) is 91.7 Å². The van der Waals surface area contributed by atoms with Gasteiger partial charge in [0.1, 0.15) is 0 Å². The Balaban J connectivity index is 0. The number of nitrogens with zero attached hydrogens (tertiary/aromatic N) is 4. The second-order valence-electron chi connectivity index (χ2n) is 11.5. The maximum atomic E-state index is 5.29. The third-order valence-electron chi connectivity index (χ3n) is 6.26. The Morgan fingerprint density at radius 3 is 2.20 bits per heavy atom. The van der Waals surface area contributed by atoms with E-state index in [-0.39, 0.29) is 37.7 Å². The van der Waals surface area contributed by atoms with Crippen molar-refractivity contribution in [3.05, 3.63) is 101 Å². The standard InChI is InChI=1S/C12H11N.C11H19N3O.C9H9.C7H16O.C3H8.Ho/c1-13-12-9-5-3-7-10-6-2-4-8-11(10)12;1-9(2)12-11(13-10(3)4)14-5-7-15-8-6-14;1-3-9-6-4-5-8(2)7-9;1-3-5-7-8-6-4-2;1-3-2;/h2,4-9H,1,3H2;1,5-8H2,2-4H3;3-5,7H,1H2,2H3;3-7H2,1-2H3;3H2,1-2H3;/q;;-1;;;. The summed E-state index contributed by atoms with van der Waals surface area (Å²) in [7, 11) is 0. The van der Waals surface area contributed by atoms with Crippen LogP contribution in [0.25, 0.3) is 17.8 Å². The molecule has 1 aliphatic carbocycles. The molecule has 6 nitrogen and oxygen atoms in total. The van der Waals surface area contributed by atoms with Crippen molar-refractivity contribution >= 4 is 36.2 Å². The van der Waals surface area contributed by atoms with Crippen LogP contribution in [0.15, 0.2) is 88.4 Å². The van der Waals surface area contributed by atoms with Gasteiger partial charge in [0.2, 0.25) is 5.96 Å². The summed E-state index contributed by atoms with van der Waals surface area (Å²) in [5.41, 5.74) is 5.06. The van der Waals surface area contributed by atoms with Crippen molar-refractivity contribution < 1.29 is 47.2 Å². The number of guanidine groups is 1. The van der Waals surface area contributed by atoms with Gasteiger partial charge in [-0.25, -0.2) is 9.98 Å². The van der Waals surface area contributed by atoms with E-state index >= 15 is 0 Å². The van der Waals surface area contributed by atoms with Gasteiger partial charge in [0.25, 0.3) is 0 Å². The maximum Gasteiger partial charge on any atom is 0.225 e. The van der Waals surface area contributed by atoms with E-state index in [1.54, 1.807) is 6.08 Å². The molecule has 0 bridgehead atoms. The summed E-state index contributed by atoms with van der Waals surface area (Å²) in [6.07, 6.45) is 13.9. The number of morpholine rings is 1. The first-order valence-electron chi connectivity index (χ1n) is 17.4. The summed E-state index contributed by atoms with van der Waals surface area (Å²) >= 11 is 0. The number of unbranched alkanes of at least 4 members (excludes halogenated alkanes) is 1. The summed E-state index contributed by atoms with van der Waals surface area (Å²) in [4.78, 5) is 14.9. The van der Waals surface area contributed by atoms with Gasteiger partial charge in [0.15, 0.2) is 0 Å². The first-order chi connectivity index (χ1) is 23.2. The molecule has 2 aromatic rings. The molecule has 2 aromatic carbocycles. The Labute approximate surface area is 329 Å². The molecule has 0 amide bonds. The van der Waals surface area contributed by atoms with Crippen LogP contribution in [-0.4, -0.2) is 62.8 Å². The molecular weight excluding hydrogens is 757 g/mol. The van der Waals surface area contributed by atoms with Crippen LogP contribution in [0.4, 0.5) is 0 Å². The molecule has 275 valence electrons. The molecule has 2 aliphatic rings. The number of aliphatic imine (C=N–C) groups is 3. The monoisotopic (exact) mass is 820 g/mol. The Morgan fingerprint density at radius 1 is 1.00 bits per heavy atom. The minimum atomic E-state index is 0. The van der Waals surface area contributed by atoms with Crippen molar-refractivity contribution in [2.24, 2.45) is 15.0 Å². The molecule has 0 saturated carbocycles. The van der Waals surface area contributed by atoms with Gasteiger partial charge in [-0.3, -0.25) is 4.99 Å². The topological polar surface area (TPSA) is 58.8 Å². The molecule has 0 atom stereocenters. The molecule has 0 spiro atoms. The zero-order valence-electron chi connectivity index (χ0n) is 31.7. The zero-order valence-corrected chi connectivity index (χ0v) is 33.6. The molecule has 1 heterocycles. The molecule has 0 aromatic heterocycles. The Bertz CT molecular complexity index is 1400. The Kier molecular flexibility index (Phi) is 32.3. The number of hydrogen-bond acceptors (Lipinski definition) is 4. The van der Waals surface area contributed by atoms with Crippen LogP contribution in [0.5, 0.6) is 0 Å². The van der Waals surface area contributed by atoms with Crippen molar-refractivity contribution in [1.29, 1.82) is 0 Å². The summed E-state index contributed by atoms with van der Waals surface area (Å²) in [6, 6.07) is 17.3. The average Bonchev–Trinajstić information content (AvgIpc) is 3.30. The summed E-state index contributed by atoms with van der Waals surface area (Å²) < 4.78 is 10.5. The van der Waals surface area contributed by atoms with Crippen molar-refractivity contribution in [2.75, 3.05) is 39.5 Å². The smallest absolute Gasteiger partial charge is 0.225 e. The molecule has 1 aliphatic heterocycles. The largest absolute Gasteiger partial charge is 0.381 e. The first-order valence-corrected chi connectivity index (χ1v) is 17.4. The van der Waals surface area contributed by atoms with Crippen molar-refractivity contribution in [2.45, 2.75) is 87.5 Å². The second-order valence-corrected chi connectivity index (χ2v) is 11.5. The van der Waals surface area contributed by atoms with Gasteiger partial charge in [-0.05, 0) is 58.0 Å². The van der Waals surface area contributed by atoms with Gasteiger partial charge in [-0.2, -0.15) is 5.56 Å². The number of fused-ring (bicyclic) bond motifs is 1. The van der Waals surface area contributed by atoms with Crippen LogP contribution in [0.2, 0.25) is 0 Å². The van der Waals surface area contributed by atoms with Crippen LogP contribution >= 0.6 is 0 Å². The molecule has 1 radical (unpaired) electrons. The number of benzene rings is 2. The molecule has 1 saturated heterocycles. The van der Waals surface area contributed by atoms with Crippen molar-refractivity contribution in [3.63, 3.8) is 0 Å². The third-order valence-corrected chi connectivity index (χ3v) is 6.26. The van der Waals surface area contributed by atoms with Gasteiger partial charge in [0.05, 0.1) is 18.9 Å². The summed E-state index contributed by atoms with van der Waals surface area (Å²) in [5, 5.41) is 2.42. The Hall–Kier alpha value is -2.61. The van der Waals surface area contributed by atoms with Gasteiger partial charge in [-0.1, -0.05) is 90.5 Å². The minimum Gasteiger partial charge on any atom is -0.381 e. The molecular formula is C42H63HoN4O2-. The van der Waals surface area contributed by atoms with Crippen LogP contribution < -0.4 is 10.4 Å². The fraction of sp³-hybridized carbons (Fsp3) is 0.452. The third kappa shape index (κ3) is 25.1. The van der Waals surface area contributed by atoms with E-state index in [0.717, 1.165) is 81.0 Å². The number of aryl methyl sites for hydroxylation is 1. The van der Waals surface area contributed by atoms with E-state index in [0.29, 0.717) is 0 Å². The second kappa shape index (κ2) is 32.6. The van der Waals surface area contributed by atoms with Crippen molar-refractivity contribution in [1.82, 2.24) is 4.90 Å². The molecule has 1 fully saturated rings. The van der Waals surface area contributed by atoms with Crippen LogP contribution in [-0.2, 0) is 9.47 Å². The minimum absolute atomic E-state index is 0. The quantitative estimate of drug-likeness (QED) is 0.0879. The maximum absolute atomic E-state index is 5.29. The molecule has 0 unspecified atom stereocenters. The van der Waals surface area contributed by atoms with E-state index < -0.39 is 0 Å². The van der Waals surface area contributed by atoms with Gasteiger partial charge in [0, 0.05) is 80.7 Å². The predicted molar refractivity (Wildman–Crippen MR) is 212 cm³/mol. The van der Waals surface area contributed by atoms with Gasteiger partial charge in [-0.15, -0.1) is 42.5 Å². The number of ether oxygens (including phenoxy) is 2. The fourth-order valence-electron chi connectivity index (χ4n) is 4.03. The number of rotatable bonds is 8. The predicted octanol–water partition coefficient (Wildman–Crippen LogP) is 8.99.